The summed E-state index contributed by atoms with van der Waals surface area (Å²) < 4.78 is 26.0. The first-order valence-corrected chi connectivity index (χ1v) is 8.19. The van der Waals surface area contributed by atoms with Crippen molar-refractivity contribution in [2.24, 2.45) is 5.92 Å². The van der Waals surface area contributed by atoms with E-state index in [0.717, 1.165) is 23.6 Å². The molecule has 2 aromatic carbocycles. The van der Waals surface area contributed by atoms with Crippen molar-refractivity contribution in [1.29, 1.82) is 0 Å². The summed E-state index contributed by atoms with van der Waals surface area (Å²) in [5.74, 6) is 5.70. The van der Waals surface area contributed by atoms with Gasteiger partial charge in [0.1, 0.15) is 0 Å². The number of halogens is 2. The summed E-state index contributed by atoms with van der Waals surface area (Å²) >= 11 is 0. The van der Waals surface area contributed by atoms with Crippen LogP contribution in [0.25, 0.3) is 0 Å². The van der Waals surface area contributed by atoms with Crippen LogP contribution in [-0.2, 0) is 0 Å². The van der Waals surface area contributed by atoms with E-state index in [0.29, 0.717) is 11.5 Å². The molecule has 1 fully saturated rings. The van der Waals surface area contributed by atoms with Gasteiger partial charge in [-0.2, -0.15) is 0 Å². The summed E-state index contributed by atoms with van der Waals surface area (Å²) in [4.78, 5) is 0. The molecule has 0 bridgehead atoms. The predicted octanol–water partition coefficient (Wildman–Crippen LogP) is 5.66. The Balaban J connectivity index is 1.70. The Labute approximate surface area is 136 Å². The molecule has 23 heavy (non-hydrogen) atoms. The molecular weight excluding hydrogens is 290 g/mol. The molecule has 0 nitrogen and oxygen atoms in total. The third-order valence-corrected chi connectivity index (χ3v) is 4.67. The van der Waals surface area contributed by atoms with Crippen LogP contribution in [0.2, 0.25) is 0 Å². The van der Waals surface area contributed by atoms with Gasteiger partial charge in [-0.3, -0.25) is 0 Å². The minimum Gasteiger partial charge on any atom is -0.204 e. The average Bonchev–Trinajstić information content (AvgIpc) is 2.57. The zero-order valence-corrected chi connectivity index (χ0v) is 13.3. The highest BCUT2D eigenvalue weighted by Crippen LogP contribution is 2.35. The molecular formula is C21H20F2. The van der Waals surface area contributed by atoms with E-state index >= 15 is 0 Å². The Morgan fingerprint density at radius 2 is 1.39 bits per heavy atom. The first-order valence-electron chi connectivity index (χ1n) is 8.19. The third kappa shape index (κ3) is 3.99. The molecule has 2 heteroatoms. The number of hydrogen-bond donors (Lipinski definition) is 0. The van der Waals surface area contributed by atoms with Gasteiger partial charge in [-0.05, 0) is 60.6 Å². The zero-order valence-electron chi connectivity index (χ0n) is 13.3. The van der Waals surface area contributed by atoms with Crippen molar-refractivity contribution in [3.63, 3.8) is 0 Å². The van der Waals surface area contributed by atoms with Crippen LogP contribution in [0.3, 0.4) is 0 Å². The molecule has 0 unspecified atom stereocenters. The average molecular weight is 310 g/mol. The smallest absolute Gasteiger partial charge is 0.160 e. The fourth-order valence-electron chi connectivity index (χ4n) is 3.15. The lowest BCUT2D eigenvalue weighted by atomic mass is 9.79. The molecule has 1 aliphatic carbocycles. The minimum atomic E-state index is -0.862. The van der Waals surface area contributed by atoms with Gasteiger partial charge in [0.05, 0.1) is 0 Å². The van der Waals surface area contributed by atoms with Crippen LogP contribution in [0.4, 0.5) is 8.78 Å². The standard InChI is InChI=1S/C21H20F2/c1-15-2-9-18(10-3-15)19-11-6-16(7-12-19)4-5-17-8-13-20(22)21(23)14-17/h6-8,11-15,18H,2-3,9-10H2,1H3. The molecule has 0 aromatic heterocycles. The molecule has 118 valence electrons. The Morgan fingerprint density at radius 3 is 2.04 bits per heavy atom. The van der Waals surface area contributed by atoms with Crippen molar-refractivity contribution in [2.45, 2.75) is 38.5 Å². The maximum Gasteiger partial charge on any atom is 0.160 e. The van der Waals surface area contributed by atoms with Crippen LogP contribution in [0.15, 0.2) is 42.5 Å². The largest absolute Gasteiger partial charge is 0.204 e. The van der Waals surface area contributed by atoms with E-state index in [2.05, 4.69) is 30.9 Å². The van der Waals surface area contributed by atoms with E-state index in [1.54, 1.807) is 0 Å². The van der Waals surface area contributed by atoms with E-state index in [-0.39, 0.29) is 0 Å². The Hall–Kier alpha value is -2.14. The van der Waals surface area contributed by atoms with Crippen molar-refractivity contribution in [3.8, 4) is 11.8 Å². The van der Waals surface area contributed by atoms with E-state index in [1.165, 1.54) is 37.3 Å². The molecule has 2 aromatic rings. The van der Waals surface area contributed by atoms with Crippen LogP contribution in [0.1, 0.15) is 55.2 Å². The maximum absolute atomic E-state index is 13.1. The highest BCUT2D eigenvalue weighted by molar-refractivity contribution is 5.44. The van der Waals surface area contributed by atoms with Gasteiger partial charge in [0.15, 0.2) is 11.6 Å². The minimum absolute atomic E-state index is 0.481. The third-order valence-electron chi connectivity index (χ3n) is 4.67. The van der Waals surface area contributed by atoms with Crippen molar-refractivity contribution in [2.75, 3.05) is 0 Å². The normalized spacial score (nSPS) is 20.7. The highest BCUT2D eigenvalue weighted by atomic mass is 19.2. The second-order valence-corrected chi connectivity index (χ2v) is 6.46. The Bertz CT molecular complexity index is 727. The van der Waals surface area contributed by atoms with E-state index in [4.69, 9.17) is 0 Å². The quantitative estimate of drug-likeness (QED) is 0.596. The van der Waals surface area contributed by atoms with Gasteiger partial charge in [0.2, 0.25) is 0 Å². The summed E-state index contributed by atoms with van der Waals surface area (Å²) in [6.45, 7) is 2.33. The maximum atomic E-state index is 13.1. The molecule has 0 spiro atoms. The van der Waals surface area contributed by atoms with Gasteiger partial charge in [0.25, 0.3) is 0 Å². The van der Waals surface area contributed by atoms with Crippen LogP contribution in [0.5, 0.6) is 0 Å². The van der Waals surface area contributed by atoms with Gasteiger partial charge in [-0.1, -0.05) is 43.7 Å². The van der Waals surface area contributed by atoms with Crippen molar-refractivity contribution in [3.05, 3.63) is 70.8 Å². The van der Waals surface area contributed by atoms with Gasteiger partial charge in [-0.15, -0.1) is 0 Å². The summed E-state index contributed by atoms with van der Waals surface area (Å²) in [5.41, 5.74) is 2.76. The second kappa shape index (κ2) is 6.96. The molecule has 0 atom stereocenters. The number of benzene rings is 2. The van der Waals surface area contributed by atoms with Crippen molar-refractivity contribution >= 4 is 0 Å². The summed E-state index contributed by atoms with van der Waals surface area (Å²) in [6.07, 6.45) is 5.15. The van der Waals surface area contributed by atoms with Crippen LogP contribution in [0, 0.1) is 29.4 Å². The van der Waals surface area contributed by atoms with E-state index in [9.17, 15) is 8.78 Å². The van der Waals surface area contributed by atoms with Gasteiger partial charge in [0, 0.05) is 11.1 Å². The molecule has 3 rings (SSSR count). The molecule has 0 aliphatic heterocycles. The molecule has 0 saturated heterocycles. The lowest BCUT2D eigenvalue weighted by Gasteiger charge is -2.26. The number of rotatable bonds is 1. The van der Waals surface area contributed by atoms with Crippen LogP contribution >= 0.6 is 0 Å². The fourth-order valence-corrected chi connectivity index (χ4v) is 3.15. The van der Waals surface area contributed by atoms with E-state index in [1.807, 2.05) is 12.1 Å². The monoisotopic (exact) mass is 310 g/mol. The van der Waals surface area contributed by atoms with Crippen molar-refractivity contribution < 1.29 is 8.78 Å². The lowest BCUT2D eigenvalue weighted by molar-refractivity contribution is 0.348. The van der Waals surface area contributed by atoms with Gasteiger partial charge in [-0.25, -0.2) is 8.78 Å². The Morgan fingerprint density at radius 1 is 0.783 bits per heavy atom. The molecule has 0 heterocycles. The molecule has 0 radical (unpaired) electrons. The first kappa shape index (κ1) is 15.7. The van der Waals surface area contributed by atoms with E-state index < -0.39 is 11.6 Å². The van der Waals surface area contributed by atoms with Crippen molar-refractivity contribution in [1.82, 2.24) is 0 Å². The van der Waals surface area contributed by atoms with Gasteiger partial charge >= 0.3 is 0 Å². The Kier molecular flexibility index (Phi) is 4.76. The molecule has 0 N–H and O–H groups in total. The molecule has 1 aliphatic rings. The summed E-state index contributed by atoms with van der Waals surface area (Å²) in [5, 5.41) is 0. The zero-order chi connectivity index (χ0) is 16.2. The van der Waals surface area contributed by atoms with Crippen LogP contribution in [-0.4, -0.2) is 0 Å². The SMILES string of the molecule is CC1CCC(c2ccc(C#Cc3ccc(F)c(F)c3)cc2)CC1. The highest BCUT2D eigenvalue weighted by Gasteiger charge is 2.19. The number of hydrogen-bond acceptors (Lipinski definition) is 0. The van der Waals surface area contributed by atoms with Crippen LogP contribution < -0.4 is 0 Å². The predicted molar refractivity (Wildman–Crippen MR) is 89.2 cm³/mol. The molecule has 1 saturated carbocycles. The van der Waals surface area contributed by atoms with Gasteiger partial charge < -0.3 is 0 Å². The summed E-state index contributed by atoms with van der Waals surface area (Å²) in [7, 11) is 0. The second-order valence-electron chi connectivity index (χ2n) is 6.46. The topological polar surface area (TPSA) is 0 Å². The summed E-state index contributed by atoms with van der Waals surface area (Å²) in [6, 6.07) is 12.0. The lowest BCUT2D eigenvalue weighted by Crippen LogP contribution is -2.10. The fraction of sp³-hybridized carbons (Fsp3) is 0.333. The first-order chi connectivity index (χ1) is 11.1. The molecule has 0 amide bonds.